The van der Waals surface area contributed by atoms with Gasteiger partial charge < -0.3 is 10.5 Å². The summed E-state index contributed by atoms with van der Waals surface area (Å²) in [7, 11) is 0. The van der Waals surface area contributed by atoms with Crippen molar-refractivity contribution in [3.63, 3.8) is 0 Å². The van der Waals surface area contributed by atoms with Crippen LogP contribution in [0.3, 0.4) is 0 Å². The summed E-state index contributed by atoms with van der Waals surface area (Å²) in [5.41, 5.74) is 6.20. The third-order valence-electron chi connectivity index (χ3n) is 3.04. The maximum Gasteiger partial charge on any atom is 0.131 e. The van der Waals surface area contributed by atoms with Gasteiger partial charge in [0.15, 0.2) is 0 Å². The summed E-state index contributed by atoms with van der Waals surface area (Å²) in [6.07, 6.45) is 8.08. The summed E-state index contributed by atoms with van der Waals surface area (Å²) >= 11 is 0. The van der Waals surface area contributed by atoms with Crippen molar-refractivity contribution in [3.05, 3.63) is 23.8 Å². The highest BCUT2D eigenvalue weighted by Gasteiger charge is 2.34. The molecule has 0 saturated heterocycles. The molecule has 4 nitrogen and oxygen atoms in total. The van der Waals surface area contributed by atoms with Gasteiger partial charge in [-0.3, -0.25) is 0 Å². The number of rotatable bonds is 5. The molecule has 0 radical (unpaired) electrons. The first-order valence-corrected chi connectivity index (χ1v) is 5.54. The van der Waals surface area contributed by atoms with E-state index in [0.717, 1.165) is 11.9 Å². The highest BCUT2D eigenvalue weighted by Crippen LogP contribution is 2.32. The van der Waals surface area contributed by atoms with Crippen molar-refractivity contribution in [2.75, 3.05) is 0 Å². The molecular formula is C13H15N3O. The molecule has 0 spiro atoms. The molecule has 1 aliphatic rings. The molecule has 0 aliphatic heterocycles. The van der Waals surface area contributed by atoms with Crippen LogP contribution in [0.4, 0.5) is 0 Å². The third kappa shape index (κ3) is 3.03. The van der Waals surface area contributed by atoms with Crippen LogP contribution in [0.2, 0.25) is 0 Å². The largest absolute Gasteiger partial charge is 0.323 e. The van der Waals surface area contributed by atoms with Gasteiger partial charge in [-0.2, -0.15) is 10.5 Å². The topological polar surface area (TPSA) is 90.7 Å². The molecule has 1 rings (SSSR count). The monoisotopic (exact) mass is 229 g/mol. The minimum Gasteiger partial charge on any atom is -0.323 e. The Morgan fingerprint density at radius 1 is 1.41 bits per heavy atom. The second-order valence-corrected chi connectivity index (χ2v) is 4.15. The van der Waals surface area contributed by atoms with Gasteiger partial charge in [-0.15, -0.1) is 0 Å². The Balaban J connectivity index is 2.79. The first-order chi connectivity index (χ1) is 8.18. The zero-order valence-corrected chi connectivity index (χ0v) is 9.60. The van der Waals surface area contributed by atoms with Gasteiger partial charge in [0, 0.05) is 18.9 Å². The molecule has 2 atom stereocenters. The summed E-state index contributed by atoms with van der Waals surface area (Å²) in [5.74, 6) is 0. The number of hydrogen-bond donors (Lipinski definition) is 1. The van der Waals surface area contributed by atoms with Crippen LogP contribution in [-0.4, -0.2) is 12.3 Å². The number of carbonyl (C=O) groups is 1. The van der Waals surface area contributed by atoms with Crippen LogP contribution < -0.4 is 5.73 Å². The average molecular weight is 229 g/mol. The van der Waals surface area contributed by atoms with Gasteiger partial charge in [0.1, 0.15) is 6.29 Å². The molecule has 0 aromatic heterocycles. The third-order valence-corrected chi connectivity index (χ3v) is 3.04. The van der Waals surface area contributed by atoms with Crippen LogP contribution in [-0.2, 0) is 4.79 Å². The highest BCUT2D eigenvalue weighted by atomic mass is 16.1. The number of aldehydes is 1. The van der Waals surface area contributed by atoms with E-state index in [1.54, 1.807) is 6.08 Å². The zero-order valence-electron chi connectivity index (χ0n) is 9.60. The molecule has 0 aromatic rings. The maximum atomic E-state index is 11.2. The van der Waals surface area contributed by atoms with Gasteiger partial charge in [-0.1, -0.05) is 18.2 Å². The predicted octanol–water partition coefficient (Wildman–Crippen LogP) is 1.60. The molecule has 4 heteroatoms. The number of nitriles is 2. The lowest BCUT2D eigenvalue weighted by atomic mass is 9.74. The van der Waals surface area contributed by atoms with E-state index in [-0.39, 0.29) is 0 Å². The molecule has 0 fully saturated rings. The summed E-state index contributed by atoms with van der Waals surface area (Å²) in [4.78, 5) is 11.2. The molecule has 0 saturated carbocycles. The van der Waals surface area contributed by atoms with E-state index in [1.807, 2.05) is 18.2 Å². The number of carbonyl (C=O) groups excluding carboxylic acids is 1. The van der Waals surface area contributed by atoms with Gasteiger partial charge in [-0.05, 0) is 18.4 Å². The zero-order chi connectivity index (χ0) is 12.7. The fraction of sp³-hybridized carbons (Fsp3) is 0.462. The normalized spacial score (nSPS) is 26.8. The van der Waals surface area contributed by atoms with Crippen molar-refractivity contribution in [1.29, 1.82) is 10.5 Å². The number of nitrogens with two attached hydrogens (primary N) is 1. The SMILES string of the molecule is N#CCCC1=CC(N)C(C=O)(CCC#N)C=C1. The lowest BCUT2D eigenvalue weighted by molar-refractivity contribution is -0.114. The Morgan fingerprint density at radius 2 is 2.12 bits per heavy atom. The van der Waals surface area contributed by atoms with Crippen LogP contribution in [0, 0.1) is 28.1 Å². The minimum absolute atomic E-state index is 0.304. The lowest BCUT2D eigenvalue weighted by Crippen LogP contribution is -2.42. The molecule has 0 aromatic carbocycles. The number of allylic oxidation sites excluding steroid dienone is 2. The minimum atomic E-state index is -0.758. The predicted molar refractivity (Wildman–Crippen MR) is 63.4 cm³/mol. The standard InChI is InChI=1S/C13H15N3O/c14-7-1-3-11-4-6-13(10-17,5-2-8-15)12(16)9-11/h4,6,9-10,12H,1-3,5,16H2. The van der Waals surface area contributed by atoms with Gasteiger partial charge >= 0.3 is 0 Å². The van der Waals surface area contributed by atoms with Gasteiger partial charge in [0.05, 0.1) is 17.6 Å². The Hall–Kier alpha value is -1.91. The van der Waals surface area contributed by atoms with E-state index in [4.69, 9.17) is 16.3 Å². The van der Waals surface area contributed by atoms with E-state index >= 15 is 0 Å². The summed E-state index contributed by atoms with van der Waals surface area (Å²) in [6.45, 7) is 0. The summed E-state index contributed by atoms with van der Waals surface area (Å²) in [6, 6.07) is 3.69. The summed E-state index contributed by atoms with van der Waals surface area (Å²) in [5, 5.41) is 17.1. The van der Waals surface area contributed by atoms with Gasteiger partial charge in [0.2, 0.25) is 0 Å². The first kappa shape index (κ1) is 13.2. The van der Waals surface area contributed by atoms with Gasteiger partial charge in [-0.25, -0.2) is 0 Å². The molecule has 2 N–H and O–H groups in total. The molecule has 88 valence electrons. The van der Waals surface area contributed by atoms with E-state index in [1.165, 1.54) is 0 Å². The molecular weight excluding hydrogens is 214 g/mol. The fourth-order valence-corrected chi connectivity index (χ4v) is 1.88. The van der Waals surface area contributed by atoms with E-state index in [9.17, 15) is 4.79 Å². The Bertz CT molecular complexity index is 425. The quantitative estimate of drug-likeness (QED) is 0.725. The lowest BCUT2D eigenvalue weighted by Gasteiger charge is -2.31. The highest BCUT2D eigenvalue weighted by molar-refractivity contribution is 5.66. The Kier molecular flexibility index (Phi) is 4.63. The number of nitrogens with zero attached hydrogens (tertiary/aromatic N) is 2. The van der Waals surface area contributed by atoms with E-state index < -0.39 is 11.5 Å². The van der Waals surface area contributed by atoms with Crippen LogP contribution in [0.15, 0.2) is 23.8 Å². The van der Waals surface area contributed by atoms with Crippen molar-refractivity contribution in [1.82, 2.24) is 0 Å². The molecule has 0 bridgehead atoms. The Labute approximate surface area is 101 Å². The van der Waals surface area contributed by atoms with Crippen molar-refractivity contribution < 1.29 is 4.79 Å². The maximum absolute atomic E-state index is 11.2. The van der Waals surface area contributed by atoms with Crippen molar-refractivity contribution in [2.24, 2.45) is 11.1 Å². The molecule has 1 aliphatic carbocycles. The summed E-state index contributed by atoms with van der Waals surface area (Å²) < 4.78 is 0. The fourth-order valence-electron chi connectivity index (χ4n) is 1.88. The second kappa shape index (κ2) is 5.98. The molecule has 2 unspecified atom stereocenters. The average Bonchev–Trinajstić information content (AvgIpc) is 2.36. The van der Waals surface area contributed by atoms with E-state index in [2.05, 4.69) is 6.07 Å². The van der Waals surface area contributed by atoms with Crippen LogP contribution in [0.25, 0.3) is 0 Å². The molecule has 0 amide bonds. The smallest absolute Gasteiger partial charge is 0.131 e. The van der Waals surface area contributed by atoms with Crippen LogP contribution in [0.5, 0.6) is 0 Å². The second-order valence-electron chi connectivity index (χ2n) is 4.15. The van der Waals surface area contributed by atoms with Crippen molar-refractivity contribution in [3.8, 4) is 12.1 Å². The van der Waals surface area contributed by atoms with Gasteiger partial charge in [0.25, 0.3) is 0 Å². The number of hydrogen-bond acceptors (Lipinski definition) is 4. The molecule has 17 heavy (non-hydrogen) atoms. The Morgan fingerprint density at radius 3 is 2.65 bits per heavy atom. The van der Waals surface area contributed by atoms with E-state index in [0.29, 0.717) is 25.7 Å². The van der Waals surface area contributed by atoms with Crippen LogP contribution in [0.1, 0.15) is 25.7 Å². The van der Waals surface area contributed by atoms with Crippen molar-refractivity contribution in [2.45, 2.75) is 31.7 Å². The molecule has 0 heterocycles. The first-order valence-electron chi connectivity index (χ1n) is 5.54. The van der Waals surface area contributed by atoms with Crippen LogP contribution >= 0.6 is 0 Å². The van der Waals surface area contributed by atoms with Crippen molar-refractivity contribution >= 4 is 6.29 Å².